The minimum absolute atomic E-state index is 0.0837. The van der Waals surface area contributed by atoms with E-state index in [1.165, 1.54) is 0 Å². The molecule has 0 aliphatic carbocycles. The van der Waals surface area contributed by atoms with Crippen LogP contribution in [-0.4, -0.2) is 41.7 Å². The molecule has 0 aliphatic rings. The lowest BCUT2D eigenvalue weighted by atomic mass is 10.0. The maximum Gasteiger partial charge on any atom is 0.408 e. The fourth-order valence-corrected chi connectivity index (χ4v) is 3.17. The molecule has 1 heterocycles. The Hall–Kier alpha value is -3.72. The quantitative estimate of drug-likeness (QED) is 0.316. The summed E-state index contributed by atoms with van der Waals surface area (Å²) in [5.74, 6) is 0.523. The molecule has 0 unspecified atom stereocenters. The third-order valence-electron chi connectivity index (χ3n) is 4.97. The van der Waals surface area contributed by atoms with Crippen LogP contribution >= 0.6 is 0 Å². The number of nitrogens with two attached hydrogens (primary N) is 1. The standard InChI is InChI=1S/C24H28N4O5/c1-31-19-12-10-17(11-13-19)15-21-27-23(28-33-21)22(29)20(9-5-6-14-25)26-24(30)32-16-18-7-3-2-4-8-18/h2-4,7-8,10-13,20H,5-6,9,14-16,25H2,1H3,(H,26,30)/t20-/m0/s1. The van der Waals surface area contributed by atoms with Crippen LogP contribution in [0.5, 0.6) is 5.75 Å². The van der Waals surface area contributed by atoms with Gasteiger partial charge in [0.1, 0.15) is 12.4 Å². The van der Waals surface area contributed by atoms with Crippen LogP contribution in [0.15, 0.2) is 59.1 Å². The summed E-state index contributed by atoms with van der Waals surface area (Å²) < 4.78 is 15.7. The molecule has 0 fully saturated rings. The van der Waals surface area contributed by atoms with Gasteiger partial charge < -0.3 is 25.0 Å². The van der Waals surface area contributed by atoms with Crippen molar-refractivity contribution in [3.63, 3.8) is 0 Å². The lowest BCUT2D eigenvalue weighted by Crippen LogP contribution is -2.41. The van der Waals surface area contributed by atoms with Crippen LogP contribution in [0, 0.1) is 0 Å². The number of nitrogens with one attached hydrogen (secondary N) is 1. The second-order valence-corrected chi connectivity index (χ2v) is 7.44. The van der Waals surface area contributed by atoms with E-state index in [1.807, 2.05) is 54.6 Å². The van der Waals surface area contributed by atoms with E-state index in [9.17, 15) is 9.59 Å². The molecule has 2 aromatic carbocycles. The Morgan fingerprint density at radius 1 is 1.06 bits per heavy atom. The van der Waals surface area contributed by atoms with Crippen molar-refractivity contribution in [1.82, 2.24) is 15.5 Å². The topological polar surface area (TPSA) is 130 Å². The molecule has 0 spiro atoms. The highest BCUT2D eigenvalue weighted by molar-refractivity contribution is 5.98. The molecular formula is C24H28N4O5. The van der Waals surface area contributed by atoms with Gasteiger partial charge in [0.05, 0.1) is 19.6 Å². The third-order valence-corrected chi connectivity index (χ3v) is 4.97. The second kappa shape index (κ2) is 12.4. The number of amides is 1. The predicted molar refractivity (Wildman–Crippen MR) is 121 cm³/mol. The number of carbonyl (C=O) groups excluding carboxylic acids is 2. The molecule has 1 aromatic heterocycles. The van der Waals surface area contributed by atoms with E-state index in [0.29, 0.717) is 31.7 Å². The molecule has 3 N–H and O–H groups in total. The van der Waals surface area contributed by atoms with Crippen molar-refractivity contribution >= 4 is 11.9 Å². The van der Waals surface area contributed by atoms with Crippen molar-refractivity contribution in [2.24, 2.45) is 5.73 Å². The Kier molecular flexibility index (Phi) is 8.96. The highest BCUT2D eigenvalue weighted by Gasteiger charge is 2.26. The van der Waals surface area contributed by atoms with Gasteiger partial charge in [0, 0.05) is 0 Å². The van der Waals surface area contributed by atoms with E-state index < -0.39 is 17.9 Å². The average molecular weight is 453 g/mol. The first kappa shape index (κ1) is 23.9. The first-order valence-electron chi connectivity index (χ1n) is 10.8. The van der Waals surface area contributed by atoms with Gasteiger partial charge in [0.25, 0.3) is 0 Å². The maximum absolute atomic E-state index is 13.0. The van der Waals surface area contributed by atoms with Gasteiger partial charge in [0.2, 0.25) is 17.5 Å². The number of benzene rings is 2. The Bertz CT molecular complexity index is 1020. The summed E-state index contributed by atoms with van der Waals surface area (Å²) in [6.45, 7) is 0.595. The SMILES string of the molecule is COc1ccc(Cc2nc(C(=O)[C@H](CCCCN)NC(=O)OCc3ccccc3)no2)cc1. The van der Waals surface area contributed by atoms with Crippen LogP contribution in [0.25, 0.3) is 0 Å². The van der Waals surface area contributed by atoms with Crippen molar-refractivity contribution < 1.29 is 23.6 Å². The first-order chi connectivity index (χ1) is 16.1. The van der Waals surface area contributed by atoms with Crippen molar-refractivity contribution in [3.8, 4) is 5.75 Å². The van der Waals surface area contributed by atoms with Gasteiger partial charge in [-0.05, 0) is 49.1 Å². The number of hydrogen-bond donors (Lipinski definition) is 2. The fraction of sp³-hybridized carbons (Fsp3) is 0.333. The number of ketones is 1. The summed E-state index contributed by atoms with van der Waals surface area (Å²) in [4.78, 5) is 29.5. The number of aromatic nitrogens is 2. The smallest absolute Gasteiger partial charge is 0.408 e. The number of nitrogens with zero attached hydrogens (tertiary/aromatic N) is 2. The van der Waals surface area contributed by atoms with Crippen LogP contribution in [0.4, 0.5) is 4.79 Å². The normalized spacial score (nSPS) is 11.6. The first-order valence-corrected chi connectivity index (χ1v) is 10.8. The van der Waals surface area contributed by atoms with Crippen LogP contribution in [0.3, 0.4) is 0 Å². The van der Waals surface area contributed by atoms with Gasteiger partial charge in [-0.2, -0.15) is 4.98 Å². The number of ether oxygens (including phenoxy) is 2. The monoisotopic (exact) mass is 452 g/mol. The number of unbranched alkanes of at least 4 members (excludes halogenated alkanes) is 1. The van der Waals surface area contributed by atoms with Gasteiger partial charge >= 0.3 is 6.09 Å². The van der Waals surface area contributed by atoms with E-state index in [-0.39, 0.29) is 12.4 Å². The number of carbonyl (C=O) groups is 2. The van der Waals surface area contributed by atoms with Crippen LogP contribution < -0.4 is 15.8 Å². The molecule has 3 rings (SSSR count). The van der Waals surface area contributed by atoms with Gasteiger partial charge in [0.15, 0.2) is 0 Å². The maximum atomic E-state index is 13.0. The molecule has 174 valence electrons. The van der Waals surface area contributed by atoms with E-state index in [1.54, 1.807) is 7.11 Å². The Labute approximate surface area is 192 Å². The van der Waals surface area contributed by atoms with E-state index in [0.717, 1.165) is 23.3 Å². The van der Waals surface area contributed by atoms with E-state index in [2.05, 4.69) is 15.5 Å². The zero-order chi connectivity index (χ0) is 23.5. The molecule has 1 atom stereocenters. The lowest BCUT2D eigenvalue weighted by molar-refractivity contribution is 0.0896. The largest absolute Gasteiger partial charge is 0.497 e. The van der Waals surface area contributed by atoms with Crippen molar-refractivity contribution in [2.75, 3.05) is 13.7 Å². The van der Waals surface area contributed by atoms with Crippen LogP contribution in [0.1, 0.15) is 46.9 Å². The molecule has 0 bridgehead atoms. The zero-order valence-corrected chi connectivity index (χ0v) is 18.5. The molecule has 1 amide bonds. The molecule has 0 radical (unpaired) electrons. The Morgan fingerprint density at radius 3 is 2.52 bits per heavy atom. The van der Waals surface area contributed by atoms with E-state index in [4.69, 9.17) is 19.7 Å². The molecule has 9 heteroatoms. The summed E-state index contributed by atoms with van der Waals surface area (Å²) in [5.41, 5.74) is 7.34. The molecule has 0 aliphatic heterocycles. The number of hydrogen-bond acceptors (Lipinski definition) is 8. The van der Waals surface area contributed by atoms with E-state index >= 15 is 0 Å². The summed E-state index contributed by atoms with van der Waals surface area (Å²) in [6.07, 6.45) is 1.45. The number of alkyl carbamates (subject to hydrolysis) is 1. The molecule has 33 heavy (non-hydrogen) atoms. The summed E-state index contributed by atoms with van der Waals surface area (Å²) in [7, 11) is 1.60. The number of Topliss-reactive ketones (excluding diaryl/α,β-unsaturated/α-hetero) is 1. The highest BCUT2D eigenvalue weighted by atomic mass is 16.5. The van der Waals surface area contributed by atoms with Crippen molar-refractivity contribution in [1.29, 1.82) is 0 Å². The second-order valence-electron chi connectivity index (χ2n) is 7.44. The van der Waals surface area contributed by atoms with Crippen LogP contribution in [0.2, 0.25) is 0 Å². The fourth-order valence-electron chi connectivity index (χ4n) is 3.17. The number of methoxy groups -OCH3 is 1. The molecule has 0 saturated heterocycles. The van der Waals surface area contributed by atoms with Gasteiger partial charge in [-0.1, -0.05) is 47.6 Å². The van der Waals surface area contributed by atoms with Gasteiger partial charge in [-0.15, -0.1) is 0 Å². The predicted octanol–water partition coefficient (Wildman–Crippen LogP) is 3.28. The van der Waals surface area contributed by atoms with Crippen molar-refractivity contribution in [2.45, 2.75) is 38.3 Å². The molecule has 9 nitrogen and oxygen atoms in total. The van der Waals surface area contributed by atoms with Crippen molar-refractivity contribution in [3.05, 3.63) is 77.4 Å². The summed E-state index contributed by atoms with van der Waals surface area (Å²) in [6, 6.07) is 15.9. The Morgan fingerprint density at radius 2 is 1.82 bits per heavy atom. The average Bonchev–Trinajstić information content (AvgIpc) is 3.31. The summed E-state index contributed by atoms with van der Waals surface area (Å²) >= 11 is 0. The van der Waals surface area contributed by atoms with Gasteiger partial charge in [-0.25, -0.2) is 4.79 Å². The molecular weight excluding hydrogens is 424 g/mol. The van der Waals surface area contributed by atoms with Crippen LogP contribution in [-0.2, 0) is 17.8 Å². The highest BCUT2D eigenvalue weighted by Crippen LogP contribution is 2.15. The minimum atomic E-state index is -0.841. The molecule has 3 aromatic rings. The lowest BCUT2D eigenvalue weighted by Gasteiger charge is -2.16. The summed E-state index contributed by atoms with van der Waals surface area (Å²) in [5, 5.41) is 6.45. The zero-order valence-electron chi connectivity index (χ0n) is 18.5. The minimum Gasteiger partial charge on any atom is -0.497 e. The van der Waals surface area contributed by atoms with Gasteiger partial charge in [-0.3, -0.25) is 4.79 Å². The molecule has 0 saturated carbocycles. The number of rotatable bonds is 12. The third kappa shape index (κ3) is 7.43. The Balaban J connectivity index is 1.62.